The topological polar surface area (TPSA) is 73.8 Å². The average Bonchev–Trinajstić information content (AvgIpc) is 3.37. The molecule has 2 amide bonds. The molecule has 2 aliphatic carbocycles. The largest absolute Gasteiger partial charge is 0.356 e. The van der Waals surface area contributed by atoms with E-state index in [2.05, 4.69) is 39.9 Å². The number of carbonyl (C=O) groups excluding carboxylic acids is 2. The van der Waals surface area contributed by atoms with Crippen molar-refractivity contribution in [3.63, 3.8) is 0 Å². The first kappa shape index (κ1) is 17.8. The van der Waals surface area contributed by atoms with E-state index in [1.807, 2.05) is 18.2 Å². The molecule has 6 heteroatoms. The van der Waals surface area contributed by atoms with Gasteiger partial charge in [-0.3, -0.25) is 19.5 Å². The van der Waals surface area contributed by atoms with Gasteiger partial charge in [-0.05, 0) is 30.2 Å². The Hall–Kier alpha value is -2.63. The lowest BCUT2D eigenvalue weighted by molar-refractivity contribution is -0.140. The number of guanidine groups is 1. The minimum Gasteiger partial charge on any atom is -0.356 e. The molecule has 142 valence electrons. The number of carbonyl (C=O) groups is 2. The van der Waals surface area contributed by atoms with Crippen LogP contribution in [-0.2, 0) is 16.0 Å². The number of benzene rings is 1. The van der Waals surface area contributed by atoms with Crippen LogP contribution in [0.15, 0.2) is 47.5 Å². The van der Waals surface area contributed by atoms with Crippen molar-refractivity contribution in [3.8, 4) is 0 Å². The first-order valence-electron chi connectivity index (χ1n) is 9.71. The molecule has 4 rings (SSSR count). The minimum absolute atomic E-state index is 0.00988. The normalized spacial score (nSPS) is 28.8. The van der Waals surface area contributed by atoms with Crippen LogP contribution < -0.4 is 10.6 Å². The molecule has 27 heavy (non-hydrogen) atoms. The van der Waals surface area contributed by atoms with Crippen molar-refractivity contribution in [3.05, 3.63) is 48.0 Å². The van der Waals surface area contributed by atoms with Crippen LogP contribution in [0.3, 0.4) is 0 Å². The third kappa shape index (κ3) is 3.36. The summed E-state index contributed by atoms with van der Waals surface area (Å²) in [7, 11) is 1.72. The van der Waals surface area contributed by atoms with Gasteiger partial charge in [-0.15, -0.1) is 0 Å². The lowest BCUT2D eigenvalue weighted by Crippen LogP contribution is -2.44. The van der Waals surface area contributed by atoms with E-state index in [9.17, 15) is 9.59 Å². The summed E-state index contributed by atoms with van der Waals surface area (Å²) in [5.41, 5.74) is 1.27. The maximum absolute atomic E-state index is 12.7. The molecule has 3 aliphatic rings. The van der Waals surface area contributed by atoms with E-state index in [-0.39, 0.29) is 35.5 Å². The van der Waals surface area contributed by atoms with E-state index in [0.29, 0.717) is 19.0 Å². The summed E-state index contributed by atoms with van der Waals surface area (Å²) in [6, 6.07) is 10.3. The molecule has 2 bridgehead atoms. The van der Waals surface area contributed by atoms with Crippen LogP contribution in [0.4, 0.5) is 0 Å². The Morgan fingerprint density at radius 2 is 1.67 bits per heavy atom. The van der Waals surface area contributed by atoms with Crippen molar-refractivity contribution in [2.24, 2.45) is 28.7 Å². The summed E-state index contributed by atoms with van der Waals surface area (Å²) in [5, 5.41) is 6.47. The summed E-state index contributed by atoms with van der Waals surface area (Å²) in [6.45, 7) is 1.67. The van der Waals surface area contributed by atoms with Crippen molar-refractivity contribution >= 4 is 17.8 Å². The summed E-state index contributed by atoms with van der Waals surface area (Å²) >= 11 is 0. The fraction of sp³-hybridized carbons (Fsp3) is 0.476. The highest BCUT2D eigenvalue weighted by molar-refractivity contribution is 6.06. The van der Waals surface area contributed by atoms with Gasteiger partial charge in [-0.1, -0.05) is 42.5 Å². The number of hydrogen-bond acceptors (Lipinski definition) is 3. The second-order valence-electron chi connectivity index (χ2n) is 7.49. The molecule has 2 N–H and O–H groups in total. The van der Waals surface area contributed by atoms with Gasteiger partial charge in [0, 0.05) is 26.7 Å². The summed E-state index contributed by atoms with van der Waals surface area (Å²) in [5.74, 6) is 1.01. The van der Waals surface area contributed by atoms with Gasteiger partial charge >= 0.3 is 0 Å². The molecule has 1 aliphatic heterocycles. The molecule has 1 saturated heterocycles. The number of rotatable bonds is 6. The first-order chi connectivity index (χ1) is 13.2. The van der Waals surface area contributed by atoms with Crippen LogP contribution >= 0.6 is 0 Å². The molecule has 1 aromatic carbocycles. The third-order valence-corrected chi connectivity index (χ3v) is 5.96. The van der Waals surface area contributed by atoms with Crippen molar-refractivity contribution in [1.82, 2.24) is 15.5 Å². The molecule has 2 fully saturated rings. The van der Waals surface area contributed by atoms with Gasteiger partial charge in [0.2, 0.25) is 11.8 Å². The Labute approximate surface area is 159 Å². The molecule has 6 nitrogen and oxygen atoms in total. The second kappa shape index (κ2) is 7.55. The molecule has 1 heterocycles. The van der Waals surface area contributed by atoms with Gasteiger partial charge in [-0.2, -0.15) is 0 Å². The molecule has 0 spiro atoms. The number of fused-ring (bicyclic) bond motifs is 5. The van der Waals surface area contributed by atoms with Crippen LogP contribution in [-0.4, -0.2) is 49.4 Å². The molecule has 1 saturated carbocycles. The molecule has 4 atom stereocenters. The Balaban J connectivity index is 1.23. The highest BCUT2D eigenvalue weighted by Gasteiger charge is 2.58. The fourth-order valence-electron chi connectivity index (χ4n) is 4.66. The number of likely N-dealkylation sites (tertiary alicyclic amines) is 1. The Kier molecular flexibility index (Phi) is 4.97. The van der Waals surface area contributed by atoms with Crippen LogP contribution in [0, 0.1) is 23.7 Å². The Bertz CT molecular complexity index is 744. The first-order valence-corrected chi connectivity index (χ1v) is 9.71. The predicted octanol–water partition coefficient (Wildman–Crippen LogP) is 1.20. The van der Waals surface area contributed by atoms with Gasteiger partial charge in [0.1, 0.15) is 0 Å². The maximum Gasteiger partial charge on any atom is 0.233 e. The van der Waals surface area contributed by atoms with Crippen molar-refractivity contribution in [2.75, 3.05) is 26.7 Å². The minimum atomic E-state index is -0.115. The standard InChI is InChI=1S/C21H26N4O2/c1-22-21(23-10-9-14-5-3-2-4-6-14)24-11-12-25-19(26)17-15-7-8-16(13-15)18(17)20(25)27/h2-8,15-18H,9-13H2,1H3,(H2,22,23,24). The summed E-state index contributed by atoms with van der Waals surface area (Å²) in [4.78, 5) is 31.0. The summed E-state index contributed by atoms with van der Waals surface area (Å²) < 4.78 is 0. The van der Waals surface area contributed by atoms with Crippen LogP contribution in [0.5, 0.6) is 0 Å². The van der Waals surface area contributed by atoms with Gasteiger partial charge < -0.3 is 10.6 Å². The Morgan fingerprint density at radius 1 is 1.04 bits per heavy atom. The Morgan fingerprint density at radius 3 is 2.30 bits per heavy atom. The average molecular weight is 366 g/mol. The van der Waals surface area contributed by atoms with Gasteiger partial charge in [0.05, 0.1) is 11.8 Å². The van der Waals surface area contributed by atoms with E-state index in [4.69, 9.17) is 0 Å². The van der Waals surface area contributed by atoms with E-state index in [0.717, 1.165) is 19.4 Å². The van der Waals surface area contributed by atoms with Crippen LogP contribution in [0.25, 0.3) is 0 Å². The number of nitrogens with one attached hydrogen (secondary N) is 2. The van der Waals surface area contributed by atoms with Crippen molar-refractivity contribution in [1.29, 1.82) is 0 Å². The van der Waals surface area contributed by atoms with E-state index >= 15 is 0 Å². The lowest BCUT2D eigenvalue weighted by Gasteiger charge is -2.18. The second-order valence-corrected chi connectivity index (χ2v) is 7.49. The molecular weight excluding hydrogens is 340 g/mol. The zero-order valence-corrected chi connectivity index (χ0v) is 15.6. The number of nitrogens with zero attached hydrogens (tertiary/aromatic N) is 2. The van der Waals surface area contributed by atoms with Crippen LogP contribution in [0.2, 0.25) is 0 Å². The quantitative estimate of drug-likeness (QED) is 0.343. The number of hydrogen-bond donors (Lipinski definition) is 2. The van der Waals surface area contributed by atoms with E-state index in [1.54, 1.807) is 7.05 Å². The van der Waals surface area contributed by atoms with Gasteiger partial charge in [-0.25, -0.2) is 0 Å². The highest BCUT2D eigenvalue weighted by atomic mass is 16.2. The monoisotopic (exact) mass is 366 g/mol. The summed E-state index contributed by atoms with van der Waals surface area (Å²) in [6.07, 6.45) is 6.12. The molecule has 4 unspecified atom stereocenters. The number of imide groups is 1. The van der Waals surface area contributed by atoms with E-state index in [1.165, 1.54) is 10.5 Å². The molecule has 0 aromatic heterocycles. The molecule has 1 aromatic rings. The van der Waals surface area contributed by atoms with E-state index < -0.39 is 0 Å². The smallest absolute Gasteiger partial charge is 0.233 e. The van der Waals surface area contributed by atoms with Gasteiger partial charge in [0.25, 0.3) is 0 Å². The van der Waals surface area contributed by atoms with Crippen molar-refractivity contribution < 1.29 is 9.59 Å². The van der Waals surface area contributed by atoms with Crippen LogP contribution in [0.1, 0.15) is 12.0 Å². The molecule has 0 radical (unpaired) electrons. The van der Waals surface area contributed by atoms with Gasteiger partial charge in [0.15, 0.2) is 5.96 Å². The zero-order valence-electron chi connectivity index (χ0n) is 15.6. The predicted molar refractivity (Wildman–Crippen MR) is 104 cm³/mol. The molecular formula is C21H26N4O2. The number of allylic oxidation sites excluding steroid dienone is 2. The highest BCUT2D eigenvalue weighted by Crippen LogP contribution is 2.52. The number of amides is 2. The van der Waals surface area contributed by atoms with Crippen molar-refractivity contribution in [2.45, 2.75) is 12.8 Å². The lowest BCUT2D eigenvalue weighted by atomic mass is 9.85. The SMILES string of the molecule is CN=C(NCCc1ccccc1)NCCN1C(=O)C2C3C=CC(C3)C2C1=O. The number of aliphatic imine (C=N–C) groups is 1. The zero-order chi connectivity index (χ0) is 18.8. The fourth-order valence-corrected chi connectivity index (χ4v) is 4.66. The maximum atomic E-state index is 12.7. The third-order valence-electron chi connectivity index (χ3n) is 5.96.